The summed E-state index contributed by atoms with van der Waals surface area (Å²) in [6, 6.07) is 4.72. The molecule has 0 radical (unpaired) electrons. The van der Waals surface area contributed by atoms with Gasteiger partial charge in [0.25, 0.3) is 0 Å². The van der Waals surface area contributed by atoms with Crippen LogP contribution in [0, 0.1) is 17.8 Å². The van der Waals surface area contributed by atoms with E-state index in [2.05, 4.69) is 4.74 Å². The Morgan fingerprint density at radius 3 is 2.02 bits per heavy atom. The molecule has 0 heterocycles. The molecule has 230 valence electrons. The summed E-state index contributed by atoms with van der Waals surface area (Å²) in [4.78, 5) is 49.0. The number of nitrogens with two attached hydrogens (primary N) is 1. The van der Waals surface area contributed by atoms with Crippen molar-refractivity contribution in [3.63, 3.8) is 0 Å². The zero-order valence-electron chi connectivity index (χ0n) is 22.6. The summed E-state index contributed by atoms with van der Waals surface area (Å²) in [5, 5.41) is 11.6. The topological polar surface area (TPSA) is 179 Å². The first kappa shape index (κ1) is 34.7. The lowest BCUT2D eigenvalue weighted by Gasteiger charge is -2.34. The minimum atomic E-state index is -2.05. The molecule has 6 atom stereocenters. The smallest absolute Gasteiger partial charge is 0.431 e. The number of ether oxygens (including phenoxy) is 7. The van der Waals surface area contributed by atoms with Gasteiger partial charge >= 0.3 is 24.2 Å². The van der Waals surface area contributed by atoms with E-state index in [1.54, 1.807) is 45.9 Å². The van der Waals surface area contributed by atoms with Gasteiger partial charge in [0.15, 0.2) is 0 Å². The van der Waals surface area contributed by atoms with Crippen LogP contribution in [0.25, 0.3) is 0 Å². The highest BCUT2D eigenvalue weighted by Gasteiger charge is 2.79. The largest absolute Gasteiger partial charge is 0.511 e. The SMILES string of the molecule is CC(C)OC(=O)OCOC(=O)[C@H]1[C@@H]2[C@H](O)[C@@H](OCc3ccc(Cl)c(Cl)c3)[C@@](N)(C(=O)OCOC(=O)OC(C)C)[C@H]12.Cl. The Bertz CT molecular complexity index is 1120. The Morgan fingerprint density at radius 1 is 0.927 bits per heavy atom. The maximum absolute atomic E-state index is 13.2. The molecule has 2 aliphatic carbocycles. The standard InChI is InChI=1S/C25H31Cl2NO12.ClH/c1-11(2)39-23(32)37-9-35-21(30)17-16-18(17)25(28,22(31)36-10-38-24(33)40-12(3)4)20(19(16)29)34-8-13-5-6-14(26)15(27)7-13;/h5-7,11-12,16-20,29H,8-10,28H2,1-4H3;1H/t16-,17-,18-,19-,20+,25+;/m0./s1. The Kier molecular flexibility index (Phi) is 12.3. The molecule has 0 unspecified atom stereocenters. The number of carbonyl (C=O) groups is 4. The average molecular weight is 645 g/mol. The molecule has 2 fully saturated rings. The molecule has 2 saturated carbocycles. The molecule has 1 aromatic carbocycles. The fraction of sp³-hybridized carbons (Fsp3) is 0.600. The predicted octanol–water partition coefficient (Wildman–Crippen LogP) is 3.36. The molecular formula is C25H32Cl3NO12. The first-order valence-corrected chi connectivity index (χ1v) is 13.1. The molecule has 0 aromatic heterocycles. The Balaban J connectivity index is 0.00000588. The van der Waals surface area contributed by atoms with Crippen molar-refractivity contribution in [3.8, 4) is 0 Å². The molecule has 13 nitrogen and oxygen atoms in total. The number of esters is 2. The van der Waals surface area contributed by atoms with Gasteiger partial charge in [-0.05, 0) is 45.4 Å². The minimum Gasteiger partial charge on any atom is -0.431 e. The molecule has 2 aliphatic rings. The number of carbonyl (C=O) groups excluding carboxylic acids is 4. The molecule has 16 heteroatoms. The van der Waals surface area contributed by atoms with Crippen molar-refractivity contribution in [2.75, 3.05) is 13.6 Å². The molecule has 0 spiro atoms. The molecule has 0 aliphatic heterocycles. The van der Waals surface area contributed by atoms with Crippen molar-refractivity contribution in [2.24, 2.45) is 23.5 Å². The number of fused-ring (bicyclic) bond motifs is 1. The number of aliphatic hydroxyl groups is 1. The first-order valence-electron chi connectivity index (χ1n) is 12.3. The summed E-state index contributed by atoms with van der Waals surface area (Å²) < 4.78 is 34.9. The summed E-state index contributed by atoms with van der Waals surface area (Å²) >= 11 is 12.0. The lowest BCUT2D eigenvalue weighted by atomic mass is 9.87. The maximum atomic E-state index is 13.2. The molecule has 3 rings (SSSR count). The summed E-state index contributed by atoms with van der Waals surface area (Å²) in [6.45, 7) is 4.71. The highest BCUT2D eigenvalue weighted by molar-refractivity contribution is 6.42. The van der Waals surface area contributed by atoms with E-state index in [0.717, 1.165) is 0 Å². The van der Waals surface area contributed by atoms with E-state index >= 15 is 0 Å². The average Bonchev–Trinajstić information content (AvgIpc) is 3.56. The van der Waals surface area contributed by atoms with E-state index in [1.165, 1.54) is 0 Å². The lowest BCUT2D eigenvalue weighted by Crippen LogP contribution is -2.62. The summed E-state index contributed by atoms with van der Waals surface area (Å²) in [5.74, 6) is -4.80. The van der Waals surface area contributed by atoms with Crippen molar-refractivity contribution in [1.82, 2.24) is 0 Å². The van der Waals surface area contributed by atoms with E-state index < -0.39 is 85.5 Å². The van der Waals surface area contributed by atoms with Crippen LogP contribution in [0.4, 0.5) is 9.59 Å². The van der Waals surface area contributed by atoms with Gasteiger partial charge < -0.3 is 44.0 Å². The fourth-order valence-electron chi connectivity index (χ4n) is 4.60. The van der Waals surface area contributed by atoms with Crippen LogP contribution in [-0.4, -0.2) is 72.9 Å². The van der Waals surface area contributed by atoms with Crippen LogP contribution >= 0.6 is 35.6 Å². The molecule has 1 aromatic rings. The van der Waals surface area contributed by atoms with Crippen molar-refractivity contribution in [1.29, 1.82) is 0 Å². The number of rotatable bonds is 11. The van der Waals surface area contributed by atoms with Gasteiger partial charge in [-0.3, -0.25) is 4.79 Å². The number of benzene rings is 1. The number of aliphatic hydroxyl groups excluding tert-OH is 1. The van der Waals surface area contributed by atoms with Crippen LogP contribution in [0.2, 0.25) is 10.0 Å². The lowest BCUT2D eigenvalue weighted by molar-refractivity contribution is -0.173. The molecule has 0 bridgehead atoms. The van der Waals surface area contributed by atoms with Gasteiger partial charge in [0.2, 0.25) is 13.6 Å². The van der Waals surface area contributed by atoms with Crippen molar-refractivity contribution in [3.05, 3.63) is 33.8 Å². The monoisotopic (exact) mass is 643 g/mol. The van der Waals surface area contributed by atoms with Crippen molar-refractivity contribution >= 4 is 59.9 Å². The third-order valence-electron chi connectivity index (χ3n) is 6.25. The number of halogens is 3. The van der Waals surface area contributed by atoms with Gasteiger partial charge in [-0.2, -0.15) is 0 Å². The zero-order chi connectivity index (χ0) is 29.8. The van der Waals surface area contributed by atoms with Crippen LogP contribution in [0.5, 0.6) is 0 Å². The fourth-order valence-corrected chi connectivity index (χ4v) is 4.92. The third kappa shape index (κ3) is 8.27. The maximum Gasteiger partial charge on any atom is 0.511 e. The third-order valence-corrected chi connectivity index (χ3v) is 6.99. The predicted molar refractivity (Wildman–Crippen MR) is 143 cm³/mol. The summed E-state index contributed by atoms with van der Waals surface area (Å²) in [7, 11) is 0. The van der Waals surface area contributed by atoms with Crippen LogP contribution in [0.3, 0.4) is 0 Å². The van der Waals surface area contributed by atoms with Gasteiger partial charge in [-0.15, -0.1) is 12.4 Å². The molecular weight excluding hydrogens is 613 g/mol. The van der Waals surface area contributed by atoms with Crippen LogP contribution < -0.4 is 5.73 Å². The van der Waals surface area contributed by atoms with Crippen LogP contribution in [-0.2, 0) is 49.4 Å². The first-order chi connectivity index (χ1) is 18.8. The second kappa shape index (κ2) is 14.6. The van der Waals surface area contributed by atoms with Gasteiger partial charge in [-0.25, -0.2) is 14.4 Å². The normalized spacial score (nSPS) is 26.0. The van der Waals surface area contributed by atoms with E-state index in [9.17, 15) is 24.3 Å². The molecule has 3 N–H and O–H groups in total. The van der Waals surface area contributed by atoms with Crippen LogP contribution in [0.15, 0.2) is 18.2 Å². The second-order valence-corrected chi connectivity index (χ2v) is 10.6. The molecule has 0 saturated heterocycles. The van der Waals surface area contributed by atoms with Gasteiger partial charge in [0, 0.05) is 11.8 Å². The van der Waals surface area contributed by atoms with E-state index in [-0.39, 0.29) is 24.0 Å². The quantitative estimate of drug-likeness (QED) is 0.204. The van der Waals surface area contributed by atoms with E-state index in [1.807, 2.05) is 0 Å². The second-order valence-electron chi connectivity index (χ2n) is 9.79. The number of hydrogen-bond acceptors (Lipinski definition) is 13. The highest BCUT2D eigenvalue weighted by atomic mass is 35.5. The van der Waals surface area contributed by atoms with E-state index in [4.69, 9.17) is 57.4 Å². The van der Waals surface area contributed by atoms with E-state index in [0.29, 0.717) is 10.6 Å². The van der Waals surface area contributed by atoms with Gasteiger partial charge in [0.1, 0.15) is 11.6 Å². The summed E-state index contributed by atoms with van der Waals surface area (Å²) in [5.41, 5.74) is 5.03. The Morgan fingerprint density at radius 2 is 1.49 bits per heavy atom. The molecule has 0 amide bonds. The van der Waals surface area contributed by atoms with Crippen molar-refractivity contribution < 1.29 is 57.4 Å². The Hall–Kier alpha value is -2.55. The van der Waals surface area contributed by atoms with Gasteiger partial charge in [0.05, 0.1) is 40.9 Å². The minimum absolute atomic E-state index is 0. The van der Waals surface area contributed by atoms with Crippen molar-refractivity contribution in [2.45, 2.75) is 64.3 Å². The Labute approximate surface area is 252 Å². The van der Waals surface area contributed by atoms with Crippen LogP contribution in [0.1, 0.15) is 33.3 Å². The number of hydrogen-bond donors (Lipinski definition) is 2. The highest BCUT2D eigenvalue weighted by Crippen LogP contribution is 2.63. The molecule has 41 heavy (non-hydrogen) atoms. The van der Waals surface area contributed by atoms with Gasteiger partial charge in [-0.1, -0.05) is 29.3 Å². The summed E-state index contributed by atoms with van der Waals surface area (Å²) in [6.07, 6.45) is -5.74. The zero-order valence-corrected chi connectivity index (χ0v) is 24.9.